The van der Waals surface area contributed by atoms with Gasteiger partial charge in [0.25, 0.3) is 0 Å². The molecule has 2 heteroatoms. The van der Waals surface area contributed by atoms with Crippen LogP contribution in [0.5, 0.6) is 5.75 Å². The first-order valence-corrected chi connectivity index (χ1v) is 5.95. The van der Waals surface area contributed by atoms with Gasteiger partial charge in [0.2, 0.25) is 0 Å². The first-order valence-electron chi connectivity index (χ1n) is 5.95. The fraction of sp³-hybridized carbons (Fsp3) is 0.267. The topological polar surface area (TPSA) is 22.1 Å². The molecule has 0 saturated carbocycles. The molecule has 88 valence electrons. The number of benzene rings is 1. The summed E-state index contributed by atoms with van der Waals surface area (Å²) in [5.74, 6) is 0.919. The standard InChI is InChI=1S/C15H17NO/c1-3-10-17-14-7-5-13(6-8-14)15-9-4-12(2)11-16-15/h4-9,11H,3,10H2,1-2H3. The normalized spacial score (nSPS) is 10.2. The second kappa shape index (κ2) is 5.48. The molecule has 0 N–H and O–H groups in total. The Labute approximate surface area is 102 Å². The summed E-state index contributed by atoms with van der Waals surface area (Å²) in [7, 11) is 0. The van der Waals surface area contributed by atoms with Crippen LogP contribution in [0.3, 0.4) is 0 Å². The molecule has 0 fully saturated rings. The molecule has 2 rings (SSSR count). The highest BCUT2D eigenvalue weighted by Crippen LogP contribution is 2.20. The molecule has 17 heavy (non-hydrogen) atoms. The van der Waals surface area contributed by atoms with Gasteiger partial charge in [0.1, 0.15) is 5.75 Å². The van der Waals surface area contributed by atoms with Gasteiger partial charge in [-0.25, -0.2) is 0 Å². The summed E-state index contributed by atoms with van der Waals surface area (Å²) in [6.45, 7) is 4.91. The van der Waals surface area contributed by atoms with Crippen molar-refractivity contribution < 1.29 is 4.74 Å². The molecule has 2 nitrogen and oxygen atoms in total. The highest BCUT2D eigenvalue weighted by atomic mass is 16.5. The quantitative estimate of drug-likeness (QED) is 0.791. The van der Waals surface area contributed by atoms with E-state index >= 15 is 0 Å². The maximum atomic E-state index is 5.54. The van der Waals surface area contributed by atoms with Crippen molar-refractivity contribution in [2.75, 3.05) is 6.61 Å². The van der Waals surface area contributed by atoms with Crippen LogP contribution in [0.4, 0.5) is 0 Å². The first kappa shape index (κ1) is 11.6. The lowest BCUT2D eigenvalue weighted by molar-refractivity contribution is 0.317. The van der Waals surface area contributed by atoms with E-state index in [0.717, 1.165) is 30.0 Å². The molecule has 0 atom stereocenters. The summed E-state index contributed by atoms with van der Waals surface area (Å²) >= 11 is 0. The summed E-state index contributed by atoms with van der Waals surface area (Å²) < 4.78 is 5.54. The Balaban J connectivity index is 2.14. The van der Waals surface area contributed by atoms with Crippen LogP contribution in [0.1, 0.15) is 18.9 Å². The molecule has 1 aromatic carbocycles. The Bertz CT molecular complexity index is 459. The molecule has 0 amide bonds. The monoisotopic (exact) mass is 227 g/mol. The maximum Gasteiger partial charge on any atom is 0.119 e. The lowest BCUT2D eigenvalue weighted by atomic mass is 10.1. The molecular weight excluding hydrogens is 210 g/mol. The van der Waals surface area contributed by atoms with Crippen molar-refractivity contribution >= 4 is 0 Å². The van der Waals surface area contributed by atoms with Gasteiger partial charge in [-0.2, -0.15) is 0 Å². The zero-order chi connectivity index (χ0) is 12.1. The SMILES string of the molecule is CCCOc1ccc(-c2ccc(C)cn2)cc1. The average Bonchev–Trinajstić information content (AvgIpc) is 2.38. The minimum absolute atomic E-state index is 0.766. The Hall–Kier alpha value is -1.83. The Morgan fingerprint density at radius 1 is 1.06 bits per heavy atom. The van der Waals surface area contributed by atoms with Gasteiger partial charge in [0, 0.05) is 11.8 Å². The van der Waals surface area contributed by atoms with Crippen LogP contribution in [-0.4, -0.2) is 11.6 Å². The zero-order valence-corrected chi connectivity index (χ0v) is 10.3. The van der Waals surface area contributed by atoms with Gasteiger partial charge >= 0.3 is 0 Å². The van der Waals surface area contributed by atoms with Crippen LogP contribution in [0, 0.1) is 6.92 Å². The second-order valence-electron chi connectivity index (χ2n) is 4.09. The molecular formula is C15H17NO. The van der Waals surface area contributed by atoms with E-state index in [1.807, 2.05) is 43.5 Å². The molecule has 0 aliphatic carbocycles. The van der Waals surface area contributed by atoms with E-state index in [-0.39, 0.29) is 0 Å². The summed E-state index contributed by atoms with van der Waals surface area (Å²) in [6, 6.07) is 12.2. The largest absolute Gasteiger partial charge is 0.494 e. The minimum Gasteiger partial charge on any atom is -0.494 e. The number of nitrogens with zero attached hydrogens (tertiary/aromatic N) is 1. The number of rotatable bonds is 4. The van der Waals surface area contributed by atoms with E-state index in [9.17, 15) is 0 Å². The molecule has 0 radical (unpaired) electrons. The number of aryl methyl sites for hydroxylation is 1. The molecule has 0 aliphatic heterocycles. The fourth-order valence-corrected chi connectivity index (χ4v) is 1.58. The molecule has 1 aromatic heterocycles. The highest BCUT2D eigenvalue weighted by molar-refractivity contribution is 5.59. The van der Waals surface area contributed by atoms with Crippen molar-refractivity contribution in [3.8, 4) is 17.0 Å². The van der Waals surface area contributed by atoms with Crippen molar-refractivity contribution in [3.05, 3.63) is 48.2 Å². The van der Waals surface area contributed by atoms with Crippen molar-refractivity contribution in [1.82, 2.24) is 4.98 Å². The number of hydrogen-bond acceptors (Lipinski definition) is 2. The van der Waals surface area contributed by atoms with Gasteiger partial charge < -0.3 is 4.74 Å². The summed E-state index contributed by atoms with van der Waals surface area (Å²) in [4.78, 5) is 4.40. The number of aromatic nitrogens is 1. The summed E-state index contributed by atoms with van der Waals surface area (Å²) in [5, 5.41) is 0. The zero-order valence-electron chi connectivity index (χ0n) is 10.3. The fourth-order valence-electron chi connectivity index (χ4n) is 1.58. The van der Waals surface area contributed by atoms with Gasteiger partial charge in [0.15, 0.2) is 0 Å². The smallest absolute Gasteiger partial charge is 0.119 e. The molecule has 0 saturated heterocycles. The van der Waals surface area contributed by atoms with Crippen LogP contribution < -0.4 is 4.74 Å². The second-order valence-corrected chi connectivity index (χ2v) is 4.09. The Morgan fingerprint density at radius 2 is 1.82 bits per heavy atom. The lowest BCUT2D eigenvalue weighted by Crippen LogP contribution is -1.94. The van der Waals surface area contributed by atoms with Crippen molar-refractivity contribution in [1.29, 1.82) is 0 Å². The number of ether oxygens (including phenoxy) is 1. The van der Waals surface area contributed by atoms with E-state index in [4.69, 9.17) is 4.74 Å². The minimum atomic E-state index is 0.766. The molecule has 2 aromatic rings. The van der Waals surface area contributed by atoms with Gasteiger partial charge in [-0.05, 0) is 49.2 Å². The summed E-state index contributed by atoms with van der Waals surface area (Å²) in [6.07, 6.45) is 2.91. The predicted octanol–water partition coefficient (Wildman–Crippen LogP) is 3.85. The van der Waals surface area contributed by atoms with Crippen LogP contribution in [0.25, 0.3) is 11.3 Å². The van der Waals surface area contributed by atoms with E-state index in [0.29, 0.717) is 0 Å². The molecule has 1 heterocycles. The van der Waals surface area contributed by atoms with Gasteiger partial charge in [0.05, 0.1) is 12.3 Å². The summed E-state index contributed by atoms with van der Waals surface area (Å²) in [5.41, 5.74) is 3.29. The highest BCUT2D eigenvalue weighted by Gasteiger charge is 1.99. The van der Waals surface area contributed by atoms with Gasteiger partial charge in [-0.3, -0.25) is 4.98 Å². The van der Waals surface area contributed by atoms with Crippen molar-refractivity contribution in [3.63, 3.8) is 0 Å². The van der Waals surface area contributed by atoms with E-state index < -0.39 is 0 Å². The number of hydrogen-bond donors (Lipinski definition) is 0. The first-order chi connectivity index (χ1) is 8.29. The predicted molar refractivity (Wildman–Crippen MR) is 70.2 cm³/mol. The molecule has 0 bridgehead atoms. The maximum absolute atomic E-state index is 5.54. The van der Waals surface area contributed by atoms with Gasteiger partial charge in [-0.1, -0.05) is 13.0 Å². The molecule has 0 spiro atoms. The van der Waals surface area contributed by atoms with Crippen molar-refractivity contribution in [2.45, 2.75) is 20.3 Å². The van der Waals surface area contributed by atoms with E-state index in [1.54, 1.807) is 0 Å². The third kappa shape index (κ3) is 3.06. The van der Waals surface area contributed by atoms with E-state index in [1.165, 1.54) is 5.56 Å². The Kier molecular flexibility index (Phi) is 3.76. The third-order valence-corrected chi connectivity index (χ3v) is 2.53. The molecule has 0 aliphatic rings. The Morgan fingerprint density at radius 3 is 2.41 bits per heavy atom. The van der Waals surface area contributed by atoms with E-state index in [2.05, 4.69) is 18.0 Å². The third-order valence-electron chi connectivity index (χ3n) is 2.53. The van der Waals surface area contributed by atoms with Crippen LogP contribution >= 0.6 is 0 Å². The molecule has 0 unspecified atom stereocenters. The van der Waals surface area contributed by atoms with Crippen LogP contribution in [0.2, 0.25) is 0 Å². The average molecular weight is 227 g/mol. The number of pyridine rings is 1. The van der Waals surface area contributed by atoms with Gasteiger partial charge in [-0.15, -0.1) is 0 Å². The van der Waals surface area contributed by atoms with Crippen LogP contribution in [0.15, 0.2) is 42.6 Å². The van der Waals surface area contributed by atoms with Crippen LogP contribution in [-0.2, 0) is 0 Å². The van der Waals surface area contributed by atoms with Crippen molar-refractivity contribution in [2.24, 2.45) is 0 Å². The lowest BCUT2D eigenvalue weighted by Gasteiger charge is -2.05.